The zero-order valence-electron chi connectivity index (χ0n) is 10.6. The third-order valence-electron chi connectivity index (χ3n) is 3.42. The molecule has 0 radical (unpaired) electrons. The molecule has 0 bridgehead atoms. The van der Waals surface area contributed by atoms with Crippen molar-refractivity contribution in [3.63, 3.8) is 0 Å². The molecule has 0 aromatic heterocycles. The summed E-state index contributed by atoms with van der Waals surface area (Å²) in [6.45, 7) is 0. The fourth-order valence-electron chi connectivity index (χ4n) is 2.41. The lowest BCUT2D eigenvalue weighted by Gasteiger charge is -2.15. The lowest BCUT2D eigenvalue weighted by molar-refractivity contribution is -0.145. The number of nitrogens with one attached hydrogen (secondary N) is 1. The van der Waals surface area contributed by atoms with Crippen molar-refractivity contribution in [1.29, 1.82) is 5.26 Å². The number of methoxy groups -OCH3 is 1. The second kappa shape index (κ2) is 5.70. The molecule has 1 aromatic carbocycles. The molecular weight excluding hydrogens is 247 g/mol. The smallest absolute Gasteiger partial charge is 0.308 e. The van der Waals surface area contributed by atoms with Crippen LogP contribution in [0.25, 0.3) is 0 Å². The van der Waals surface area contributed by atoms with Gasteiger partial charge in [0.05, 0.1) is 30.3 Å². The van der Waals surface area contributed by atoms with Crippen molar-refractivity contribution in [3.8, 4) is 6.07 Å². The number of esters is 1. The molecule has 0 spiro atoms. The van der Waals surface area contributed by atoms with Crippen LogP contribution in [0.4, 0.5) is 10.1 Å². The summed E-state index contributed by atoms with van der Waals surface area (Å²) in [5.74, 6) is -0.755. The molecule has 1 saturated carbocycles. The number of benzene rings is 1. The molecule has 1 aliphatic rings. The van der Waals surface area contributed by atoms with Gasteiger partial charge < -0.3 is 10.1 Å². The van der Waals surface area contributed by atoms with Gasteiger partial charge >= 0.3 is 5.97 Å². The van der Waals surface area contributed by atoms with E-state index in [0.29, 0.717) is 17.7 Å². The van der Waals surface area contributed by atoms with Crippen LogP contribution < -0.4 is 5.32 Å². The monoisotopic (exact) mass is 262 g/mol. The average molecular weight is 262 g/mol. The quantitative estimate of drug-likeness (QED) is 0.850. The van der Waals surface area contributed by atoms with Crippen LogP contribution in [0.2, 0.25) is 0 Å². The van der Waals surface area contributed by atoms with Gasteiger partial charge in [-0.3, -0.25) is 4.79 Å². The van der Waals surface area contributed by atoms with Gasteiger partial charge in [-0.25, -0.2) is 4.39 Å². The highest BCUT2D eigenvalue weighted by molar-refractivity contribution is 5.72. The van der Waals surface area contributed by atoms with Crippen LogP contribution in [-0.2, 0) is 9.53 Å². The van der Waals surface area contributed by atoms with Gasteiger partial charge in [-0.15, -0.1) is 0 Å². The zero-order chi connectivity index (χ0) is 13.8. The Morgan fingerprint density at radius 2 is 2.32 bits per heavy atom. The maximum absolute atomic E-state index is 13.7. The first-order valence-corrected chi connectivity index (χ1v) is 6.18. The Balaban J connectivity index is 2.00. The van der Waals surface area contributed by atoms with Crippen LogP contribution in [0.3, 0.4) is 0 Å². The fourth-order valence-corrected chi connectivity index (χ4v) is 2.41. The topological polar surface area (TPSA) is 62.1 Å². The van der Waals surface area contributed by atoms with Crippen LogP contribution >= 0.6 is 0 Å². The lowest BCUT2D eigenvalue weighted by atomic mass is 10.1. The van der Waals surface area contributed by atoms with Gasteiger partial charge in [0.2, 0.25) is 0 Å². The molecular formula is C14H15FN2O2. The fraction of sp³-hybridized carbons (Fsp3) is 0.429. The molecule has 1 fully saturated rings. The summed E-state index contributed by atoms with van der Waals surface area (Å²) >= 11 is 0. The van der Waals surface area contributed by atoms with E-state index in [0.717, 1.165) is 12.8 Å². The predicted octanol–water partition coefficient (Wildman–Crippen LogP) is 2.45. The molecule has 1 aromatic rings. The Labute approximate surface area is 111 Å². The predicted molar refractivity (Wildman–Crippen MR) is 67.9 cm³/mol. The molecule has 0 saturated heterocycles. The summed E-state index contributed by atoms with van der Waals surface area (Å²) in [6.07, 6.45) is 2.20. The Kier molecular flexibility index (Phi) is 4.00. The van der Waals surface area contributed by atoms with E-state index < -0.39 is 5.82 Å². The lowest BCUT2D eigenvalue weighted by Crippen LogP contribution is -2.19. The van der Waals surface area contributed by atoms with E-state index >= 15 is 0 Å². The maximum Gasteiger partial charge on any atom is 0.308 e. The zero-order valence-corrected chi connectivity index (χ0v) is 10.6. The first kappa shape index (κ1) is 13.3. The minimum atomic E-state index is -0.444. The maximum atomic E-state index is 13.7. The molecule has 5 heteroatoms. The number of nitrogens with zero attached hydrogens (tertiary/aromatic N) is 1. The van der Waals surface area contributed by atoms with Crippen LogP contribution in [0.5, 0.6) is 0 Å². The summed E-state index contributed by atoms with van der Waals surface area (Å²) < 4.78 is 18.4. The average Bonchev–Trinajstić information content (AvgIpc) is 2.88. The Hall–Kier alpha value is -2.09. The van der Waals surface area contributed by atoms with Gasteiger partial charge in [0.1, 0.15) is 5.82 Å². The number of hydrogen-bond donors (Lipinski definition) is 1. The summed E-state index contributed by atoms with van der Waals surface area (Å²) in [5, 5.41) is 11.7. The molecule has 0 heterocycles. The van der Waals surface area contributed by atoms with Crippen molar-refractivity contribution in [3.05, 3.63) is 29.6 Å². The third kappa shape index (κ3) is 3.02. The summed E-state index contributed by atoms with van der Waals surface area (Å²) in [5.41, 5.74) is 0.663. The van der Waals surface area contributed by atoms with E-state index in [4.69, 9.17) is 10.00 Å². The number of rotatable bonds is 3. The van der Waals surface area contributed by atoms with E-state index in [1.807, 2.05) is 6.07 Å². The Morgan fingerprint density at radius 1 is 1.53 bits per heavy atom. The summed E-state index contributed by atoms with van der Waals surface area (Å²) in [6, 6.07) is 6.28. The Bertz CT molecular complexity index is 525. The first-order valence-electron chi connectivity index (χ1n) is 6.18. The van der Waals surface area contributed by atoms with Gasteiger partial charge in [0, 0.05) is 6.04 Å². The molecule has 19 heavy (non-hydrogen) atoms. The second-order valence-electron chi connectivity index (χ2n) is 4.68. The van der Waals surface area contributed by atoms with Crippen LogP contribution in [-0.4, -0.2) is 19.1 Å². The van der Waals surface area contributed by atoms with Crippen LogP contribution in [0.1, 0.15) is 24.8 Å². The third-order valence-corrected chi connectivity index (χ3v) is 3.42. The molecule has 0 aliphatic heterocycles. The summed E-state index contributed by atoms with van der Waals surface area (Å²) in [7, 11) is 1.38. The van der Waals surface area contributed by atoms with Gasteiger partial charge in [-0.05, 0) is 37.5 Å². The minimum absolute atomic E-state index is 0.0616. The van der Waals surface area contributed by atoms with Crippen molar-refractivity contribution < 1.29 is 13.9 Å². The Morgan fingerprint density at radius 3 is 2.95 bits per heavy atom. The van der Waals surface area contributed by atoms with Gasteiger partial charge in [0.15, 0.2) is 0 Å². The van der Waals surface area contributed by atoms with E-state index in [1.54, 1.807) is 12.1 Å². The minimum Gasteiger partial charge on any atom is -0.469 e. The SMILES string of the molecule is COC(=O)[C@H]1CC[C@@H](Nc2ccc(C#N)cc2F)C1. The molecule has 0 amide bonds. The van der Waals surface area contributed by atoms with E-state index in [1.165, 1.54) is 13.2 Å². The highest BCUT2D eigenvalue weighted by Crippen LogP contribution is 2.29. The normalized spacial score (nSPS) is 21.7. The van der Waals surface area contributed by atoms with E-state index in [2.05, 4.69) is 5.32 Å². The van der Waals surface area contributed by atoms with E-state index in [9.17, 15) is 9.18 Å². The molecule has 100 valence electrons. The van der Waals surface area contributed by atoms with Gasteiger partial charge in [-0.1, -0.05) is 0 Å². The number of hydrogen-bond acceptors (Lipinski definition) is 4. The number of ether oxygens (including phenoxy) is 1. The van der Waals surface area contributed by atoms with Crippen LogP contribution in [0, 0.1) is 23.1 Å². The van der Waals surface area contributed by atoms with Gasteiger partial charge in [0.25, 0.3) is 0 Å². The highest BCUT2D eigenvalue weighted by atomic mass is 19.1. The summed E-state index contributed by atoms with van der Waals surface area (Å²) in [4.78, 5) is 11.4. The van der Waals surface area contributed by atoms with Crippen molar-refractivity contribution >= 4 is 11.7 Å². The van der Waals surface area contributed by atoms with Crippen LogP contribution in [0.15, 0.2) is 18.2 Å². The molecule has 0 unspecified atom stereocenters. The number of anilines is 1. The number of nitriles is 1. The van der Waals surface area contributed by atoms with E-state index in [-0.39, 0.29) is 17.9 Å². The molecule has 2 atom stereocenters. The molecule has 2 rings (SSSR count). The van der Waals surface area contributed by atoms with Gasteiger partial charge in [-0.2, -0.15) is 5.26 Å². The number of carbonyl (C=O) groups is 1. The van der Waals surface area contributed by atoms with Crippen molar-refractivity contribution in [2.45, 2.75) is 25.3 Å². The molecule has 1 aliphatic carbocycles. The molecule has 4 nitrogen and oxygen atoms in total. The van der Waals surface area contributed by atoms with Crippen molar-refractivity contribution in [2.75, 3.05) is 12.4 Å². The van der Waals surface area contributed by atoms with Crippen molar-refractivity contribution in [1.82, 2.24) is 0 Å². The largest absolute Gasteiger partial charge is 0.469 e. The highest BCUT2D eigenvalue weighted by Gasteiger charge is 2.30. The number of halogens is 1. The first-order chi connectivity index (χ1) is 9.13. The number of carbonyl (C=O) groups excluding carboxylic acids is 1. The second-order valence-corrected chi connectivity index (χ2v) is 4.68. The standard InChI is InChI=1S/C14H15FN2O2/c1-19-14(18)10-3-4-11(7-10)17-13-5-2-9(8-16)6-12(13)15/h2,5-6,10-11,17H,3-4,7H2,1H3/t10-,11+/m0/s1. The molecule has 1 N–H and O–H groups in total. The van der Waals surface area contributed by atoms with Crippen molar-refractivity contribution in [2.24, 2.45) is 5.92 Å².